The first-order valence-electron chi connectivity index (χ1n) is 9.43. The largest absolute Gasteiger partial charge is 0.337 e. The van der Waals surface area contributed by atoms with Gasteiger partial charge < -0.3 is 10.2 Å². The second-order valence-electron chi connectivity index (χ2n) is 7.92. The Bertz CT molecular complexity index is 741. The highest BCUT2D eigenvalue weighted by Gasteiger charge is 2.19. The molecule has 1 aromatic carbocycles. The summed E-state index contributed by atoms with van der Waals surface area (Å²) in [4.78, 5) is 23.3. The molecule has 1 saturated heterocycles. The Balaban J connectivity index is 1.71. The Morgan fingerprint density at radius 2 is 1.65 bits per heavy atom. The average molecular weight is 352 g/mol. The van der Waals surface area contributed by atoms with Crippen LogP contribution in [-0.2, 0) is 5.41 Å². The van der Waals surface area contributed by atoms with Crippen LogP contribution in [0.5, 0.6) is 0 Å². The molecular weight excluding hydrogens is 324 g/mol. The quantitative estimate of drug-likeness (QED) is 0.881. The van der Waals surface area contributed by atoms with E-state index in [0.717, 1.165) is 31.6 Å². The van der Waals surface area contributed by atoms with Gasteiger partial charge in [0, 0.05) is 25.0 Å². The summed E-state index contributed by atoms with van der Waals surface area (Å²) < 4.78 is 0. The Hall–Kier alpha value is -2.43. The van der Waals surface area contributed by atoms with Crippen molar-refractivity contribution in [3.8, 4) is 0 Å². The van der Waals surface area contributed by atoms with Crippen molar-refractivity contribution in [1.82, 2.24) is 14.9 Å². The highest BCUT2D eigenvalue weighted by molar-refractivity contribution is 5.92. The molecule has 5 nitrogen and oxygen atoms in total. The normalized spacial score (nSPS) is 15.4. The van der Waals surface area contributed by atoms with Crippen molar-refractivity contribution in [3.63, 3.8) is 0 Å². The molecule has 0 atom stereocenters. The van der Waals surface area contributed by atoms with Gasteiger partial charge in [-0.15, -0.1) is 0 Å². The molecule has 0 aliphatic carbocycles. The maximum Gasteiger partial charge on any atom is 0.272 e. The summed E-state index contributed by atoms with van der Waals surface area (Å²) in [7, 11) is 0. The number of likely N-dealkylation sites (tertiary alicyclic amines) is 1. The van der Waals surface area contributed by atoms with Crippen molar-refractivity contribution in [1.29, 1.82) is 0 Å². The van der Waals surface area contributed by atoms with Gasteiger partial charge in [0.05, 0.1) is 0 Å². The monoisotopic (exact) mass is 352 g/mol. The molecule has 0 radical (unpaired) electrons. The second kappa shape index (κ2) is 7.85. The molecule has 1 aliphatic rings. The molecule has 1 fully saturated rings. The molecule has 138 valence electrons. The van der Waals surface area contributed by atoms with Crippen molar-refractivity contribution < 1.29 is 4.79 Å². The van der Waals surface area contributed by atoms with Gasteiger partial charge in [-0.1, -0.05) is 45.7 Å². The number of benzene rings is 1. The third kappa shape index (κ3) is 4.59. The number of carbonyl (C=O) groups is 1. The van der Waals surface area contributed by atoms with Crippen LogP contribution in [0.4, 0.5) is 11.6 Å². The number of hydrogen-bond donors (Lipinski definition) is 1. The summed E-state index contributed by atoms with van der Waals surface area (Å²) in [6.07, 6.45) is 6.18. The van der Waals surface area contributed by atoms with E-state index in [1.54, 1.807) is 12.3 Å². The van der Waals surface area contributed by atoms with E-state index in [0.29, 0.717) is 11.6 Å². The van der Waals surface area contributed by atoms with Crippen LogP contribution in [0.1, 0.15) is 62.5 Å². The lowest BCUT2D eigenvalue weighted by Crippen LogP contribution is -2.32. The molecule has 3 rings (SSSR count). The first-order valence-corrected chi connectivity index (χ1v) is 9.43. The number of nitrogens with one attached hydrogen (secondary N) is 1. The van der Waals surface area contributed by atoms with Gasteiger partial charge in [0.25, 0.3) is 5.91 Å². The number of aromatic nitrogens is 2. The molecule has 1 amide bonds. The van der Waals surface area contributed by atoms with Gasteiger partial charge in [-0.3, -0.25) is 4.79 Å². The maximum absolute atomic E-state index is 12.7. The van der Waals surface area contributed by atoms with Crippen LogP contribution in [0.15, 0.2) is 36.5 Å². The van der Waals surface area contributed by atoms with Crippen LogP contribution in [0, 0.1) is 0 Å². The fourth-order valence-corrected chi connectivity index (χ4v) is 3.16. The summed E-state index contributed by atoms with van der Waals surface area (Å²) in [5.41, 5.74) is 2.76. The minimum Gasteiger partial charge on any atom is -0.337 e. The van der Waals surface area contributed by atoms with Gasteiger partial charge in [0.2, 0.25) is 5.95 Å². The van der Waals surface area contributed by atoms with E-state index in [1.807, 2.05) is 17.0 Å². The lowest BCUT2D eigenvalue weighted by molar-refractivity contribution is 0.0755. The van der Waals surface area contributed by atoms with Crippen molar-refractivity contribution in [2.45, 2.75) is 51.9 Å². The number of amides is 1. The van der Waals surface area contributed by atoms with E-state index >= 15 is 0 Å². The Morgan fingerprint density at radius 1 is 1.00 bits per heavy atom. The van der Waals surface area contributed by atoms with E-state index in [1.165, 1.54) is 18.4 Å². The van der Waals surface area contributed by atoms with Gasteiger partial charge >= 0.3 is 0 Å². The molecule has 5 heteroatoms. The summed E-state index contributed by atoms with van der Waals surface area (Å²) in [6, 6.07) is 9.95. The van der Waals surface area contributed by atoms with Crippen molar-refractivity contribution >= 4 is 17.5 Å². The number of carbonyl (C=O) groups excluding carboxylic acids is 1. The molecule has 0 spiro atoms. The van der Waals surface area contributed by atoms with Gasteiger partial charge in [0.1, 0.15) is 5.69 Å². The summed E-state index contributed by atoms with van der Waals surface area (Å²) in [6.45, 7) is 8.21. The van der Waals surface area contributed by atoms with Crippen LogP contribution in [0.25, 0.3) is 0 Å². The highest BCUT2D eigenvalue weighted by atomic mass is 16.2. The lowest BCUT2D eigenvalue weighted by atomic mass is 9.87. The van der Waals surface area contributed by atoms with E-state index in [-0.39, 0.29) is 11.3 Å². The average Bonchev–Trinajstić information content (AvgIpc) is 2.90. The summed E-state index contributed by atoms with van der Waals surface area (Å²) >= 11 is 0. The molecule has 0 saturated carbocycles. The van der Waals surface area contributed by atoms with Crippen LogP contribution >= 0.6 is 0 Å². The Morgan fingerprint density at radius 3 is 2.27 bits per heavy atom. The predicted molar refractivity (Wildman–Crippen MR) is 105 cm³/mol. The second-order valence-corrected chi connectivity index (χ2v) is 7.92. The smallest absolute Gasteiger partial charge is 0.272 e. The molecule has 2 heterocycles. The Labute approximate surface area is 155 Å². The number of anilines is 2. The van der Waals surface area contributed by atoms with E-state index < -0.39 is 0 Å². The van der Waals surface area contributed by atoms with Crippen LogP contribution < -0.4 is 5.32 Å². The zero-order valence-corrected chi connectivity index (χ0v) is 16.0. The third-order valence-electron chi connectivity index (χ3n) is 4.78. The zero-order chi connectivity index (χ0) is 18.6. The number of rotatable bonds is 3. The molecule has 1 N–H and O–H groups in total. The zero-order valence-electron chi connectivity index (χ0n) is 16.0. The number of hydrogen-bond acceptors (Lipinski definition) is 4. The highest BCUT2D eigenvalue weighted by Crippen LogP contribution is 2.24. The van der Waals surface area contributed by atoms with Gasteiger partial charge in [-0.2, -0.15) is 0 Å². The molecule has 0 bridgehead atoms. The predicted octanol–water partition coefficient (Wildman–Crippen LogP) is 4.53. The van der Waals surface area contributed by atoms with Crippen molar-refractivity contribution in [3.05, 3.63) is 47.8 Å². The van der Waals surface area contributed by atoms with E-state index in [9.17, 15) is 4.79 Å². The van der Waals surface area contributed by atoms with Crippen LogP contribution in [-0.4, -0.2) is 33.9 Å². The summed E-state index contributed by atoms with van der Waals surface area (Å²) in [5.74, 6) is 0.453. The lowest BCUT2D eigenvalue weighted by Gasteiger charge is -2.20. The number of nitrogens with zero attached hydrogens (tertiary/aromatic N) is 3. The van der Waals surface area contributed by atoms with Gasteiger partial charge in [-0.05, 0) is 42.0 Å². The standard InChI is InChI=1S/C21H28N4O/c1-21(2,3)16-8-10-17(11-9-16)23-20-22-13-12-18(24-20)19(26)25-14-6-4-5-7-15-25/h8-13H,4-7,14-15H2,1-3H3,(H,22,23,24). The van der Waals surface area contributed by atoms with Crippen LogP contribution in [0.2, 0.25) is 0 Å². The molecule has 2 aromatic rings. The minimum absolute atomic E-state index is 0.000399. The molecule has 1 aliphatic heterocycles. The Kier molecular flexibility index (Phi) is 5.55. The first-order chi connectivity index (χ1) is 12.4. The summed E-state index contributed by atoms with van der Waals surface area (Å²) in [5, 5.41) is 3.20. The first kappa shape index (κ1) is 18.4. The van der Waals surface area contributed by atoms with Crippen LogP contribution in [0.3, 0.4) is 0 Å². The van der Waals surface area contributed by atoms with Gasteiger partial charge in [0.15, 0.2) is 0 Å². The van der Waals surface area contributed by atoms with E-state index in [2.05, 4.69) is 48.2 Å². The minimum atomic E-state index is 0.000399. The maximum atomic E-state index is 12.7. The third-order valence-corrected chi connectivity index (χ3v) is 4.78. The topological polar surface area (TPSA) is 58.1 Å². The molecule has 26 heavy (non-hydrogen) atoms. The molecular formula is C21H28N4O. The molecule has 1 aromatic heterocycles. The SMILES string of the molecule is CC(C)(C)c1ccc(Nc2nccc(C(=O)N3CCCCCC3)n2)cc1. The van der Waals surface area contributed by atoms with E-state index in [4.69, 9.17) is 0 Å². The molecule has 0 unspecified atom stereocenters. The van der Waals surface area contributed by atoms with Gasteiger partial charge in [-0.25, -0.2) is 9.97 Å². The fraction of sp³-hybridized carbons (Fsp3) is 0.476. The fourth-order valence-electron chi connectivity index (χ4n) is 3.16. The van der Waals surface area contributed by atoms with Crippen molar-refractivity contribution in [2.75, 3.05) is 18.4 Å². The van der Waals surface area contributed by atoms with Crippen molar-refractivity contribution in [2.24, 2.45) is 0 Å².